The Balaban J connectivity index is 1.76. The van der Waals surface area contributed by atoms with E-state index in [-0.39, 0.29) is 30.1 Å². The monoisotopic (exact) mass is 430 g/mol. The fraction of sp³-hybridized carbons (Fsp3) is 0.435. The lowest BCUT2D eigenvalue weighted by molar-refractivity contribution is -0.136. The number of rotatable bonds is 7. The second-order valence-electron chi connectivity index (χ2n) is 8.13. The molecule has 1 heterocycles. The normalized spacial score (nSPS) is 17.5. The molecule has 0 spiro atoms. The van der Waals surface area contributed by atoms with E-state index in [9.17, 15) is 13.2 Å². The lowest BCUT2D eigenvalue weighted by Crippen LogP contribution is -2.43. The van der Waals surface area contributed by atoms with Gasteiger partial charge in [-0.1, -0.05) is 24.3 Å². The van der Waals surface area contributed by atoms with Crippen LogP contribution in [0.1, 0.15) is 23.1 Å². The number of benzene rings is 2. The lowest BCUT2D eigenvalue weighted by atomic mass is 10.1. The Kier molecular flexibility index (Phi) is 6.71. The van der Waals surface area contributed by atoms with E-state index < -0.39 is 9.84 Å². The Bertz CT molecular complexity index is 1000. The molecule has 2 aromatic carbocycles. The van der Waals surface area contributed by atoms with Crippen molar-refractivity contribution in [1.82, 2.24) is 4.90 Å². The Morgan fingerprint density at radius 2 is 1.80 bits per heavy atom. The first-order valence-electron chi connectivity index (χ1n) is 10.1. The van der Waals surface area contributed by atoms with Crippen molar-refractivity contribution in [2.45, 2.75) is 32.9 Å². The number of carbonyl (C=O) groups is 1. The molecule has 6 nitrogen and oxygen atoms in total. The topological polar surface area (TPSA) is 66.9 Å². The SMILES string of the molecule is Cc1cccc(OCC(=O)N(Cc2ccc(N(C)C)cc2)C2CCS(=O)(=O)C2)c1C. The highest BCUT2D eigenvalue weighted by atomic mass is 32.2. The molecule has 3 rings (SSSR count). The van der Waals surface area contributed by atoms with Crippen molar-refractivity contribution in [1.29, 1.82) is 0 Å². The molecule has 1 aliphatic rings. The summed E-state index contributed by atoms with van der Waals surface area (Å²) in [5.41, 5.74) is 4.13. The number of hydrogen-bond acceptors (Lipinski definition) is 5. The quantitative estimate of drug-likeness (QED) is 0.676. The maximum absolute atomic E-state index is 13.1. The van der Waals surface area contributed by atoms with Crippen LogP contribution < -0.4 is 9.64 Å². The van der Waals surface area contributed by atoms with E-state index in [1.54, 1.807) is 4.90 Å². The highest BCUT2D eigenvalue weighted by Crippen LogP contribution is 2.23. The first-order chi connectivity index (χ1) is 14.2. The van der Waals surface area contributed by atoms with Gasteiger partial charge in [-0.05, 0) is 55.2 Å². The smallest absolute Gasteiger partial charge is 0.261 e. The van der Waals surface area contributed by atoms with Crippen LogP contribution in [-0.4, -0.2) is 57.5 Å². The average molecular weight is 431 g/mol. The third kappa shape index (κ3) is 5.33. The predicted molar refractivity (Wildman–Crippen MR) is 120 cm³/mol. The Morgan fingerprint density at radius 1 is 1.10 bits per heavy atom. The molecule has 0 bridgehead atoms. The summed E-state index contributed by atoms with van der Waals surface area (Å²) in [6.07, 6.45) is 0.466. The van der Waals surface area contributed by atoms with Crippen molar-refractivity contribution in [3.8, 4) is 5.75 Å². The highest BCUT2D eigenvalue weighted by Gasteiger charge is 2.34. The van der Waals surface area contributed by atoms with Crippen LogP contribution in [-0.2, 0) is 21.2 Å². The first-order valence-corrected chi connectivity index (χ1v) is 11.9. The largest absolute Gasteiger partial charge is 0.483 e. The van der Waals surface area contributed by atoms with E-state index in [4.69, 9.17) is 4.74 Å². The minimum atomic E-state index is -3.11. The number of aryl methyl sites for hydroxylation is 1. The highest BCUT2D eigenvalue weighted by molar-refractivity contribution is 7.91. The minimum Gasteiger partial charge on any atom is -0.483 e. The number of hydrogen-bond donors (Lipinski definition) is 0. The molecule has 1 saturated heterocycles. The molecule has 30 heavy (non-hydrogen) atoms. The molecule has 0 saturated carbocycles. The Labute approximate surface area is 179 Å². The van der Waals surface area contributed by atoms with E-state index in [2.05, 4.69) is 0 Å². The summed E-state index contributed by atoms with van der Waals surface area (Å²) < 4.78 is 29.9. The Morgan fingerprint density at radius 3 is 2.40 bits per heavy atom. The van der Waals surface area contributed by atoms with Gasteiger partial charge in [0.15, 0.2) is 16.4 Å². The zero-order valence-corrected chi connectivity index (χ0v) is 18.9. The van der Waals surface area contributed by atoms with Gasteiger partial charge >= 0.3 is 0 Å². The maximum Gasteiger partial charge on any atom is 0.261 e. The fourth-order valence-corrected chi connectivity index (χ4v) is 5.37. The third-order valence-corrected chi connectivity index (χ3v) is 7.43. The number of anilines is 1. The third-order valence-electron chi connectivity index (χ3n) is 5.68. The standard InChI is InChI=1S/C23H30N2O4S/c1-17-6-5-7-22(18(17)2)29-15-23(26)25(21-12-13-30(27,28)16-21)14-19-8-10-20(11-9-19)24(3)4/h5-11,21H,12-16H2,1-4H3. The van der Waals surface area contributed by atoms with Gasteiger partial charge in [0.05, 0.1) is 11.5 Å². The van der Waals surface area contributed by atoms with Crippen LogP contribution in [0.5, 0.6) is 5.75 Å². The van der Waals surface area contributed by atoms with Crippen LogP contribution >= 0.6 is 0 Å². The Hall–Kier alpha value is -2.54. The van der Waals surface area contributed by atoms with Crippen LogP contribution in [0.15, 0.2) is 42.5 Å². The van der Waals surface area contributed by atoms with Gasteiger partial charge in [-0.3, -0.25) is 4.79 Å². The maximum atomic E-state index is 13.1. The molecule has 0 N–H and O–H groups in total. The van der Waals surface area contributed by atoms with Gasteiger partial charge < -0.3 is 14.5 Å². The summed E-state index contributed by atoms with van der Waals surface area (Å²) in [6.45, 7) is 4.21. The molecule has 1 fully saturated rings. The van der Waals surface area contributed by atoms with Gasteiger partial charge in [0.25, 0.3) is 5.91 Å². The number of amides is 1. The molecule has 1 amide bonds. The van der Waals surface area contributed by atoms with E-state index in [0.717, 1.165) is 22.4 Å². The molecule has 1 atom stereocenters. The summed E-state index contributed by atoms with van der Waals surface area (Å²) in [6, 6.07) is 13.4. The van der Waals surface area contributed by atoms with Crippen LogP contribution in [0.3, 0.4) is 0 Å². The van der Waals surface area contributed by atoms with E-state index >= 15 is 0 Å². The second-order valence-corrected chi connectivity index (χ2v) is 10.4. The van der Waals surface area contributed by atoms with Crippen molar-refractivity contribution in [2.24, 2.45) is 0 Å². The van der Waals surface area contributed by atoms with E-state index in [0.29, 0.717) is 18.7 Å². The average Bonchev–Trinajstić information content (AvgIpc) is 3.06. The van der Waals surface area contributed by atoms with Gasteiger partial charge in [-0.2, -0.15) is 0 Å². The van der Waals surface area contributed by atoms with Crippen LogP contribution in [0.25, 0.3) is 0 Å². The molecule has 7 heteroatoms. The predicted octanol–water partition coefficient (Wildman–Crippen LogP) is 2.96. The first kappa shape index (κ1) is 22.2. The van der Waals surface area contributed by atoms with E-state index in [1.807, 2.05) is 75.3 Å². The number of nitrogens with zero attached hydrogens (tertiary/aromatic N) is 2. The molecule has 0 aromatic heterocycles. The second kappa shape index (κ2) is 9.08. The summed E-state index contributed by atoms with van der Waals surface area (Å²) in [7, 11) is 0.837. The van der Waals surface area contributed by atoms with Gasteiger partial charge in [0.1, 0.15) is 5.75 Å². The van der Waals surface area contributed by atoms with Crippen molar-refractivity contribution in [2.75, 3.05) is 37.1 Å². The number of carbonyl (C=O) groups excluding carboxylic acids is 1. The number of sulfone groups is 1. The van der Waals surface area contributed by atoms with Crippen LogP contribution in [0.4, 0.5) is 5.69 Å². The van der Waals surface area contributed by atoms with Crippen molar-refractivity contribution >= 4 is 21.4 Å². The van der Waals surface area contributed by atoms with Gasteiger partial charge in [-0.25, -0.2) is 8.42 Å². The molecule has 162 valence electrons. The van der Waals surface area contributed by atoms with Crippen LogP contribution in [0.2, 0.25) is 0 Å². The molecule has 2 aromatic rings. The van der Waals surface area contributed by atoms with Gasteiger partial charge in [0.2, 0.25) is 0 Å². The lowest BCUT2D eigenvalue weighted by Gasteiger charge is -2.29. The van der Waals surface area contributed by atoms with Crippen LogP contribution in [0, 0.1) is 13.8 Å². The van der Waals surface area contributed by atoms with E-state index in [1.165, 1.54) is 0 Å². The summed E-state index contributed by atoms with van der Waals surface area (Å²) in [5.74, 6) is 0.615. The number of ether oxygens (including phenoxy) is 1. The zero-order chi connectivity index (χ0) is 21.9. The summed E-state index contributed by atoms with van der Waals surface area (Å²) >= 11 is 0. The molecule has 1 unspecified atom stereocenters. The molecular weight excluding hydrogens is 400 g/mol. The minimum absolute atomic E-state index is 0.0119. The molecule has 1 aliphatic heterocycles. The van der Waals surface area contributed by atoms with Crippen molar-refractivity contribution in [3.63, 3.8) is 0 Å². The zero-order valence-electron chi connectivity index (χ0n) is 18.1. The van der Waals surface area contributed by atoms with Gasteiger partial charge in [-0.15, -0.1) is 0 Å². The molecule has 0 radical (unpaired) electrons. The summed E-state index contributed by atoms with van der Waals surface area (Å²) in [5, 5.41) is 0. The fourth-order valence-electron chi connectivity index (χ4n) is 3.64. The van der Waals surface area contributed by atoms with Crippen molar-refractivity contribution < 1.29 is 17.9 Å². The molecular formula is C23H30N2O4S. The summed E-state index contributed by atoms with van der Waals surface area (Å²) in [4.78, 5) is 16.8. The van der Waals surface area contributed by atoms with Crippen molar-refractivity contribution in [3.05, 3.63) is 59.2 Å². The molecule has 0 aliphatic carbocycles. The van der Waals surface area contributed by atoms with Gasteiger partial charge in [0, 0.05) is 32.4 Å².